The molecule has 1 atom stereocenters. The minimum absolute atomic E-state index is 0.148. The highest BCUT2D eigenvalue weighted by Gasteiger charge is 2.04. The minimum Gasteiger partial charge on any atom is -0.396 e. The number of hydrogen-bond donors (Lipinski definition) is 3. The Morgan fingerprint density at radius 2 is 1.90 bits per heavy atom. The summed E-state index contributed by atoms with van der Waals surface area (Å²) in [5.74, 6) is 0.291. The van der Waals surface area contributed by atoms with Crippen molar-refractivity contribution < 1.29 is 9.90 Å². The molecule has 2 amide bonds. The number of anilines is 1. The summed E-state index contributed by atoms with van der Waals surface area (Å²) in [7, 11) is 4.03. The Hall–Kier alpha value is -1.75. The lowest BCUT2D eigenvalue weighted by atomic mass is 10.1. The predicted octanol–water partition coefficient (Wildman–Crippen LogP) is 1.61. The average Bonchev–Trinajstić information content (AvgIpc) is 2.46. The standard InChI is InChI=1S/C16H27N3O2/c1-13(9-11-20)12-18-16(21)17-10-8-14-4-6-15(7-5-14)19(2)3/h4-7,13,20H,8-12H2,1-3H3,(H2,17,18,21). The van der Waals surface area contributed by atoms with Gasteiger partial charge in [0.15, 0.2) is 0 Å². The second kappa shape index (κ2) is 9.23. The predicted molar refractivity (Wildman–Crippen MR) is 86.7 cm³/mol. The van der Waals surface area contributed by atoms with Crippen LogP contribution in [0.15, 0.2) is 24.3 Å². The summed E-state index contributed by atoms with van der Waals surface area (Å²) in [6.07, 6.45) is 1.52. The van der Waals surface area contributed by atoms with Crippen LogP contribution in [0, 0.1) is 5.92 Å². The molecule has 1 aromatic rings. The van der Waals surface area contributed by atoms with Gasteiger partial charge in [-0.2, -0.15) is 0 Å². The molecule has 1 aromatic carbocycles. The van der Waals surface area contributed by atoms with Crippen molar-refractivity contribution in [1.82, 2.24) is 10.6 Å². The number of urea groups is 1. The Kier molecular flexibility index (Phi) is 7.61. The number of hydrogen-bond acceptors (Lipinski definition) is 3. The van der Waals surface area contributed by atoms with Crippen LogP contribution in [-0.4, -0.2) is 44.9 Å². The number of nitrogens with zero attached hydrogens (tertiary/aromatic N) is 1. The van der Waals surface area contributed by atoms with Gasteiger partial charge < -0.3 is 20.6 Å². The lowest BCUT2D eigenvalue weighted by Crippen LogP contribution is -2.38. The van der Waals surface area contributed by atoms with E-state index in [9.17, 15) is 4.79 Å². The van der Waals surface area contributed by atoms with E-state index in [0.717, 1.165) is 6.42 Å². The van der Waals surface area contributed by atoms with E-state index >= 15 is 0 Å². The summed E-state index contributed by atoms with van der Waals surface area (Å²) in [5, 5.41) is 14.4. The normalized spacial score (nSPS) is 11.8. The van der Waals surface area contributed by atoms with E-state index in [4.69, 9.17) is 5.11 Å². The second-order valence-corrected chi connectivity index (χ2v) is 5.57. The van der Waals surface area contributed by atoms with Crippen LogP contribution < -0.4 is 15.5 Å². The van der Waals surface area contributed by atoms with Crippen LogP contribution in [0.4, 0.5) is 10.5 Å². The molecule has 0 spiro atoms. The molecule has 0 heterocycles. The molecule has 0 saturated carbocycles. The first-order valence-electron chi connectivity index (χ1n) is 7.41. The van der Waals surface area contributed by atoms with E-state index in [-0.39, 0.29) is 12.6 Å². The maximum Gasteiger partial charge on any atom is 0.314 e. The summed E-state index contributed by atoms with van der Waals surface area (Å²) in [6.45, 7) is 3.36. The smallest absolute Gasteiger partial charge is 0.314 e. The molecule has 0 aliphatic heterocycles. The van der Waals surface area contributed by atoms with Crippen molar-refractivity contribution in [3.8, 4) is 0 Å². The number of aliphatic hydroxyl groups is 1. The summed E-state index contributed by atoms with van der Waals surface area (Å²) in [6, 6.07) is 8.17. The molecule has 5 nitrogen and oxygen atoms in total. The molecule has 118 valence electrons. The first-order chi connectivity index (χ1) is 10.0. The number of carbonyl (C=O) groups excluding carboxylic acids is 1. The van der Waals surface area contributed by atoms with E-state index in [0.29, 0.717) is 25.4 Å². The zero-order valence-electron chi connectivity index (χ0n) is 13.2. The first-order valence-corrected chi connectivity index (χ1v) is 7.41. The molecule has 1 unspecified atom stereocenters. The lowest BCUT2D eigenvalue weighted by Gasteiger charge is -2.13. The van der Waals surface area contributed by atoms with Crippen molar-refractivity contribution in [2.24, 2.45) is 5.92 Å². The molecule has 0 aliphatic rings. The van der Waals surface area contributed by atoms with Crippen LogP contribution in [0.3, 0.4) is 0 Å². The molecule has 0 aliphatic carbocycles. The van der Waals surface area contributed by atoms with Crippen molar-refractivity contribution in [3.05, 3.63) is 29.8 Å². The Labute approximate surface area is 127 Å². The fraction of sp³-hybridized carbons (Fsp3) is 0.562. The molecular weight excluding hydrogens is 266 g/mol. The Morgan fingerprint density at radius 1 is 1.24 bits per heavy atom. The second-order valence-electron chi connectivity index (χ2n) is 5.57. The highest BCUT2D eigenvalue weighted by atomic mass is 16.3. The topological polar surface area (TPSA) is 64.6 Å². The maximum atomic E-state index is 11.6. The maximum absolute atomic E-state index is 11.6. The van der Waals surface area contributed by atoms with Crippen LogP contribution >= 0.6 is 0 Å². The highest BCUT2D eigenvalue weighted by Crippen LogP contribution is 2.12. The third-order valence-electron chi connectivity index (χ3n) is 3.38. The third kappa shape index (κ3) is 6.99. The van der Waals surface area contributed by atoms with Crippen molar-refractivity contribution in [2.75, 3.05) is 38.7 Å². The molecule has 1 rings (SSSR count). The van der Waals surface area contributed by atoms with E-state index < -0.39 is 0 Å². The number of benzene rings is 1. The van der Waals surface area contributed by atoms with Gasteiger partial charge in [0.2, 0.25) is 0 Å². The lowest BCUT2D eigenvalue weighted by molar-refractivity contribution is 0.234. The summed E-state index contributed by atoms with van der Waals surface area (Å²) in [5.41, 5.74) is 2.37. The van der Waals surface area contributed by atoms with Gasteiger partial charge in [-0.3, -0.25) is 0 Å². The van der Waals surface area contributed by atoms with E-state index in [2.05, 4.69) is 39.8 Å². The third-order valence-corrected chi connectivity index (χ3v) is 3.38. The molecule has 0 radical (unpaired) electrons. The molecule has 0 aromatic heterocycles. The number of aliphatic hydroxyl groups excluding tert-OH is 1. The van der Waals surface area contributed by atoms with Gasteiger partial charge in [-0.25, -0.2) is 4.79 Å². The fourth-order valence-corrected chi connectivity index (χ4v) is 1.93. The average molecular weight is 293 g/mol. The highest BCUT2D eigenvalue weighted by molar-refractivity contribution is 5.73. The van der Waals surface area contributed by atoms with E-state index in [1.165, 1.54) is 11.3 Å². The summed E-state index contributed by atoms with van der Waals surface area (Å²) >= 11 is 0. The molecule has 5 heteroatoms. The molecule has 0 saturated heterocycles. The number of rotatable bonds is 8. The van der Waals surface area contributed by atoms with Gasteiger partial charge >= 0.3 is 6.03 Å². The van der Waals surface area contributed by atoms with Crippen molar-refractivity contribution in [1.29, 1.82) is 0 Å². The Balaban J connectivity index is 2.22. The van der Waals surface area contributed by atoms with Crippen molar-refractivity contribution >= 4 is 11.7 Å². The Morgan fingerprint density at radius 3 is 2.48 bits per heavy atom. The molecular formula is C16H27N3O2. The van der Waals surface area contributed by atoms with Gasteiger partial charge in [0.1, 0.15) is 0 Å². The summed E-state index contributed by atoms with van der Waals surface area (Å²) < 4.78 is 0. The molecule has 3 N–H and O–H groups in total. The zero-order chi connectivity index (χ0) is 15.7. The zero-order valence-corrected chi connectivity index (χ0v) is 13.2. The minimum atomic E-state index is -0.148. The van der Waals surface area contributed by atoms with Gasteiger partial charge in [-0.1, -0.05) is 19.1 Å². The van der Waals surface area contributed by atoms with Crippen LogP contribution in [-0.2, 0) is 6.42 Å². The van der Waals surface area contributed by atoms with Gasteiger partial charge in [0.25, 0.3) is 0 Å². The van der Waals surface area contributed by atoms with Crippen molar-refractivity contribution in [2.45, 2.75) is 19.8 Å². The van der Waals surface area contributed by atoms with Gasteiger partial charge in [-0.15, -0.1) is 0 Å². The SMILES string of the molecule is CC(CCO)CNC(=O)NCCc1ccc(N(C)C)cc1. The largest absolute Gasteiger partial charge is 0.396 e. The molecule has 0 bridgehead atoms. The van der Waals surface area contributed by atoms with Gasteiger partial charge in [0, 0.05) is 39.5 Å². The first kappa shape index (κ1) is 17.3. The summed E-state index contributed by atoms with van der Waals surface area (Å²) in [4.78, 5) is 13.7. The van der Waals surface area contributed by atoms with Crippen LogP contribution in [0.2, 0.25) is 0 Å². The number of nitrogens with one attached hydrogen (secondary N) is 2. The Bertz CT molecular complexity index is 418. The number of carbonyl (C=O) groups is 1. The fourth-order valence-electron chi connectivity index (χ4n) is 1.93. The molecule has 21 heavy (non-hydrogen) atoms. The monoisotopic (exact) mass is 293 g/mol. The van der Waals surface area contributed by atoms with E-state index in [1.54, 1.807) is 0 Å². The van der Waals surface area contributed by atoms with Crippen LogP contribution in [0.1, 0.15) is 18.9 Å². The van der Waals surface area contributed by atoms with Gasteiger partial charge in [0.05, 0.1) is 0 Å². The van der Waals surface area contributed by atoms with E-state index in [1.807, 2.05) is 21.0 Å². The molecule has 0 fully saturated rings. The van der Waals surface area contributed by atoms with Gasteiger partial charge in [-0.05, 0) is 36.5 Å². The van der Waals surface area contributed by atoms with Crippen LogP contribution in [0.25, 0.3) is 0 Å². The number of amides is 2. The van der Waals surface area contributed by atoms with Crippen LogP contribution in [0.5, 0.6) is 0 Å². The van der Waals surface area contributed by atoms with Crippen molar-refractivity contribution in [3.63, 3.8) is 0 Å². The quantitative estimate of drug-likeness (QED) is 0.682.